The molecule has 3 saturated heterocycles. The van der Waals surface area contributed by atoms with Gasteiger partial charge >= 0.3 is 0 Å². The molecule has 3 fully saturated rings. The molecular weight excluding hydrogens is 564 g/mol. The van der Waals surface area contributed by atoms with Crippen molar-refractivity contribution >= 4 is 34.4 Å². The van der Waals surface area contributed by atoms with Crippen molar-refractivity contribution < 1.29 is 29.0 Å². The lowest BCUT2D eigenvalue weighted by Gasteiger charge is -2.33. The van der Waals surface area contributed by atoms with Crippen molar-refractivity contribution in [2.24, 2.45) is 11.8 Å². The maximum Gasteiger partial charge on any atom is 0.247 e. The van der Waals surface area contributed by atoms with E-state index in [0.29, 0.717) is 55.8 Å². The first-order valence-electron chi connectivity index (χ1n) is 15.5. The number of amides is 3. The molecule has 2 unspecified atom stereocenters. The maximum absolute atomic E-state index is 14.2. The van der Waals surface area contributed by atoms with Gasteiger partial charge in [-0.2, -0.15) is 0 Å². The lowest BCUT2D eigenvalue weighted by atomic mass is 9.66. The number of nitrogens with zero attached hydrogens (tertiary/aromatic N) is 4. The molecule has 12 nitrogen and oxygen atoms in total. The van der Waals surface area contributed by atoms with Crippen molar-refractivity contribution in [2.75, 3.05) is 25.1 Å². The molecule has 3 aliphatic rings. The number of nitrogens with one attached hydrogen (secondary N) is 2. The highest BCUT2D eigenvalue weighted by molar-refractivity contribution is 6.02. The number of hydrogen-bond donors (Lipinski definition) is 3. The molecule has 3 aromatic rings. The molecule has 5 atom stereocenters. The number of para-hydroxylation sites is 1. The summed E-state index contributed by atoms with van der Waals surface area (Å²) in [4.78, 5) is 43.8. The number of aliphatic hydroxyl groups excluding tert-OH is 1. The molecule has 3 aliphatic heterocycles. The van der Waals surface area contributed by atoms with Crippen LogP contribution in [-0.4, -0.2) is 79.7 Å². The van der Waals surface area contributed by atoms with E-state index in [9.17, 15) is 19.5 Å². The summed E-state index contributed by atoms with van der Waals surface area (Å²) in [7, 11) is 0. The summed E-state index contributed by atoms with van der Waals surface area (Å²) in [5, 5.41) is 23.5. The summed E-state index contributed by atoms with van der Waals surface area (Å²) in [6, 6.07) is 13.7. The van der Waals surface area contributed by atoms with Crippen LogP contribution >= 0.6 is 0 Å². The van der Waals surface area contributed by atoms with Crippen LogP contribution in [0.2, 0.25) is 0 Å². The van der Waals surface area contributed by atoms with Gasteiger partial charge in [0.05, 0.1) is 29.6 Å². The highest BCUT2D eigenvalue weighted by Gasteiger charge is 2.77. The minimum absolute atomic E-state index is 0.0774. The summed E-state index contributed by atoms with van der Waals surface area (Å²) < 4.78 is 13.8. The van der Waals surface area contributed by atoms with Gasteiger partial charge in [-0.25, -0.2) is 4.68 Å². The summed E-state index contributed by atoms with van der Waals surface area (Å²) >= 11 is 0. The average molecular weight is 605 g/mol. The van der Waals surface area contributed by atoms with Crippen LogP contribution in [0.25, 0.3) is 11.0 Å². The fraction of sp³-hybridized carbons (Fsp3) is 0.531. The van der Waals surface area contributed by atoms with E-state index >= 15 is 0 Å². The predicted molar refractivity (Wildman–Crippen MR) is 161 cm³/mol. The molecule has 44 heavy (non-hydrogen) atoms. The Morgan fingerprint density at radius 1 is 1.07 bits per heavy atom. The molecule has 2 aromatic carbocycles. The Morgan fingerprint density at radius 3 is 2.61 bits per heavy atom. The Morgan fingerprint density at radius 2 is 1.84 bits per heavy atom. The van der Waals surface area contributed by atoms with Gasteiger partial charge in [0.25, 0.3) is 0 Å². The third kappa shape index (κ3) is 5.19. The number of rotatable bonds is 13. The number of aliphatic hydroxyl groups is 1. The largest absolute Gasteiger partial charge is 0.494 e. The second-order valence-electron chi connectivity index (χ2n) is 12.1. The number of fused-ring (bicyclic) bond motifs is 2. The molecule has 3 N–H and O–H groups in total. The number of carbonyl (C=O) groups excluding carboxylic acids is 3. The van der Waals surface area contributed by atoms with Crippen LogP contribution in [0.5, 0.6) is 5.75 Å². The van der Waals surface area contributed by atoms with Gasteiger partial charge in [-0.3, -0.25) is 14.4 Å². The van der Waals surface area contributed by atoms with Crippen LogP contribution in [-0.2, 0) is 25.8 Å². The standard InChI is InChI=1S/C32H40N6O6/c1-3-43-22-14-12-21(13-15-22)34-28(40)25-26-30(42)37(18-8-4-5-9-19-39)27(32(26)17-16-31(25,2)44-32)29(41)33-20-38-24-11-7-6-10-23(24)35-36-38/h6-7,10-15,25-27,39H,3-5,8-9,16-20H2,1-2H3,(H,33,41)(H,34,40)/t25-,26-,27?,31+,32?/m0/s1. The SMILES string of the molecule is CCOc1ccc(NC(=O)[C@@H]2[C@H]3C(=O)N(CCCCCCO)C(C(=O)NCn4nnc5ccccc54)C34CC[C@@]2(C)O4)cc1. The smallest absolute Gasteiger partial charge is 0.247 e. The van der Waals surface area contributed by atoms with Crippen molar-refractivity contribution in [2.45, 2.75) is 76.3 Å². The summed E-state index contributed by atoms with van der Waals surface area (Å²) in [6.07, 6.45) is 4.04. The van der Waals surface area contributed by atoms with Crippen LogP contribution in [0.4, 0.5) is 5.69 Å². The van der Waals surface area contributed by atoms with Gasteiger partial charge in [-0.1, -0.05) is 30.2 Å². The van der Waals surface area contributed by atoms with Crippen molar-refractivity contribution in [1.82, 2.24) is 25.2 Å². The average Bonchev–Trinajstić information content (AvgIpc) is 3.72. The van der Waals surface area contributed by atoms with Crippen molar-refractivity contribution in [3.05, 3.63) is 48.5 Å². The number of hydrogen-bond acceptors (Lipinski definition) is 8. The molecular formula is C32H40N6O6. The molecule has 1 aromatic heterocycles. The molecule has 4 heterocycles. The van der Waals surface area contributed by atoms with Crippen LogP contribution in [0.15, 0.2) is 48.5 Å². The maximum atomic E-state index is 14.2. The fourth-order valence-corrected chi connectivity index (χ4v) is 7.42. The van der Waals surface area contributed by atoms with E-state index in [1.54, 1.807) is 33.8 Å². The van der Waals surface area contributed by atoms with Crippen LogP contribution in [0.1, 0.15) is 52.4 Å². The Labute approximate surface area is 256 Å². The second-order valence-corrected chi connectivity index (χ2v) is 12.1. The number of likely N-dealkylation sites (tertiary alicyclic amines) is 1. The van der Waals surface area contributed by atoms with Crippen LogP contribution in [0, 0.1) is 11.8 Å². The topological polar surface area (TPSA) is 148 Å². The number of unbranched alkanes of at least 4 members (excludes halogenated alkanes) is 3. The van der Waals surface area contributed by atoms with E-state index in [2.05, 4.69) is 20.9 Å². The third-order valence-corrected chi connectivity index (χ3v) is 9.37. The van der Waals surface area contributed by atoms with Crippen LogP contribution in [0.3, 0.4) is 0 Å². The summed E-state index contributed by atoms with van der Waals surface area (Å²) in [6.45, 7) is 4.88. The van der Waals surface area contributed by atoms with E-state index in [4.69, 9.17) is 9.47 Å². The lowest BCUT2D eigenvalue weighted by Crippen LogP contribution is -2.55. The highest BCUT2D eigenvalue weighted by atomic mass is 16.5. The third-order valence-electron chi connectivity index (χ3n) is 9.37. The lowest BCUT2D eigenvalue weighted by molar-refractivity contribution is -0.145. The van der Waals surface area contributed by atoms with E-state index in [1.807, 2.05) is 38.1 Å². The molecule has 2 bridgehead atoms. The zero-order valence-electron chi connectivity index (χ0n) is 25.2. The Bertz CT molecular complexity index is 1530. The number of anilines is 1. The first-order chi connectivity index (χ1) is 21.3. The molecule has 6 rings (SSSR count). The molecule has 234 valence electrons. The Hall–Kier alpha value is -4.03. The monoisotopic (exact) mass is 604 g/mol. The van der Waals surface area contributed by atoms with E-state index < -0.39 is 29.1 Å². The van der Waals surface area contributed by atoms with E-state index in [0.717, 1.165) is 18.4 Å². The van der Waals surface area contributed by atoms with Crippen molar-refractivity contribution in [1.29, 1.82) is 0 Å². The molecule has 12 heteroatoms. The summed E-state index contributed by atoms with van der Waals surface area (Å²) in [5.74, 6) is -1.71. The van der Waals surface area contributed by atoms with Crippen LogP contribution < -0.4 is 15.4 Å². The minimum Gasteiger partial charge on any atom is -0.494 e. The molecule has 0 aliphatic carbocycles. The quantitative estimate of drug-likeness (QED) is 0.252. The van der Waals surface area contributed by atoms with Gasteiger partial charge in [0.2, 0.25) is 17.7 Å². The minimum atomic E-state index is -1.12. The van der Waals surface area contributed by atoms with Gasteiger partial charge in [0.15, 0.2) is 0 Å². The fourth-order valence-electron chi connectivity index (χ4n) is 7.42. The van der Waals surface area contributed by atoms with Crippen molar-refractivity contribution in [3.63, 3.8) is 0 Å². The number of carbonyl (C=O) groups is 3. The highest BCUT2D eigenvalue weighted by Crippen LogP contribution is 2.63. The van der Waals surface area contributed by atoms with E-state index in [1.165, 1.54) is 0 Å². The van der Waals surface area contributed by atoms with Gasteiger partial charge in [-0.15, -0.1) is 5.10 Å². The molecule has 1 spiro atoms. The Kier molecular flexibility index (Phi) is 8.30. The number of benzene rings is 2. The van der Waals surface area contributed by atoms with Gasteiger partial charge in [0, 0.05) is 18.8 Å². The first kappa shape index (κ1) is 30.0. The first-order valence-corrected chi connectivity index (χ1v) is 15.5. The van der Waals surface area contributed by atoms with Gasteiger partial charge in [-0.05, 0) is 75.9 Å². The molecule has 0 radical (unpaired) electrons. The zero-order chi connectivity index (χ0) is 30.9. The van der Waals surface area contributed by atoms with Gasteiger partial charge < -0.3 is 30.1 Å². The number of ether oxygens (including phenoxy) is 2. The van der Waals surface area contributed by atoms with Gasteiger partial charge in [0.1, 0.15) is 29.6 Å². The van der Waals surface area contributed by atoms with E-state index in [-0.39, 0.29) is 31.0 Å². The second kappa shape index (κ2) is 12.2. The zero-order valence-corrected chi connectivity index (χ0v) is 25.2. The number of aromatic nitrogens is 3. The Balaban J connectivity index is 1.25. The molecule has 0 saturated carbocycles. The predicted octanol–water partition coefficient (Wildman–Crippen LogP) is 2.86. The molecule has 3 amide bonds. The van der Waals surface area contributed by atoms with Crippen molar-refractivity contribution in [3.8, 4) is 5.75 Å². The summed E-state index contributed by atoms with van der Waals surface area (Å²) in [5.41, 5.74) is 0.0894. The normalized spacial score (nSPS) is 27.1.